The highest BCUT2D eigenvalue weighted by Gasteiger charge is 2.25. The molecular formula is C17H25NO6. The summed E-state index contributed by atoms with van der Waals surface area (Å²) in [6.45, 7) is 6.95. The molecule has 0 aromatic heterocycles. The van der Waals surface area contributed by atoms with Gasteiger partial charge < -0.3 is 24.6 Å². The van der Waals surface area contributed by atoms with Crippen LogP contribution in [0.4, 0.5) is 4.79 Å². The molecular weight excluding hydrogens is 314 g/mol. The van der Waals surface area contributed by atoms with Crippen molar-refractivity contribution in [2.24, 2.45) is 0 Å². The summed E-state index contributed by atoms with van der Waals surface area (Å²) in [5.74, 6) is -0.268. The van der Waals surface area contributed by atoms with Gasteiger partial charge in [-0.3, -0.25) is 0 Å². The summed E-state index contributed by atoms with van der Waals surface area (Å²) in [4.78, 5) is 23.8. The number of amides is 1. The zero-order valence-electron chi connectivity index (χ0n) is 14.9. The van der Waals surface area contributed by atoms with E-state index in [0.717, 1.165) is 0 Å². The maximum atomic E-state index is 11.9. The van der Waals surface area contributed by atoms with E-state index in [0.29, 0.717) is 16.9 Å². The first kappa shape index (κ1) is 19.6. The molecule has 7 nitrogen and oxygen atoms in total. The molecule has 1 amide bonds. The van der Waals surface area contributed by atoms with Gasteiger partial charge in [0.15, 0.2) is 11.5 Å². The quantitative estimate of drug-likeness (QED) is 0.800. The largest absolute Gasteiger partial charge is 0.504 e. The summed E-state index contributed by atoms with van der Waals surface area (Å²) >= 11 is 0. The van der Waals surface area contributed by atoms with Gasteiger partial charge >= 0.3 is 12.1 Å². The molecule has 0 radical (unpaired) electrons. The molecule has 0 fully saturated rings. The number of ether oxygens (including phenoxy) is 3. The lowest BCUT2D eigenvalue weighted by atomic mass is 10.0. The van der Waals surface area contributed by atoms with E-state index in [4.69, 9.17) is 14.2 Å². The standard InChI is InChI=1S/C17H25NO6/c1-10-7-11(9-13(19)14(10)22-5)8-12(15(20)23-6)18-16(21)24-17(2,3)4/h7,9,12,19H,8H2,1-6H3,(H,18,21)/t12-/m0/s1. The third-order valence-electron chi connectivity index (χ3n) is 3.14. The molecule has 1 atom stereocenters. The van der Waals surface area contributed by atoms with Crippen molar-refractivity contribution in [1.82, 2.24) is 5.32 Å². The van der Waals surface area contributed by atoms with E-state index in [-0.39, 0.29) is 12.2 Å². The Morgan fingerprint density at radius 2 is 1.88 bits per heavy atom. The van der Waals surface area contributed by atoms with Crippen LogP contribution in [0.15, 0.2) is 12.1 Å². The van der Waals surface area contributed by atoms with E-state index >= 15 is 0 Å². The summed E-state index contributed by atoms with van der Waals surface area (Å²) in [5.41, 5.74) is 0.686. The van der Waals surface area contributed by atoms with Crippen molar-refractivity contribution in [1.29, 1.82) is 0 Å². The summed E-state index contributed by atoms with van der Waals surface area (Å²) < 4.78 is 15.0. The number of aromatic hydroxyl groups is 1. The average molecular weight is 339 g/mol. The summed E-state index contributed by atoms with van der Waals surface area (Å²) in [5, 5.41) is 12.5. The summed E-state index contributed by atoms with van der Waals surface area (Å²) in [6, 6.07) is 2.32. The third-order valence-corrected chi connectivity index (χ3v) is 3.14. The minimum atomic E-state index is -0.933. The Kier molecular flexibility index (Phi) is 6.45. The van der Waals surface area contributed by atoms with Gasteiger partial charge in [0.05, 0.1) is 14.2 Å². The molecule has 0 saturated heterocycles. The predicted octanol–water partition coefficient (Wildman–Crippen LogP) is 2.32. The molecule has 0 unspecified atom stereocenters. The van der Waals surface area contributed by atoms with Gasteiger partial charge in [-0.1, -0.05) is 6.07 Å². The molecule has 1 aromatic rings. The van der Waals surface area contributed by atoms with E-state index in [2.05, 4.69) is 5.32 Å². The fourth-order valence-electron chi connectivity index (χ4n) is 2.23. The first-order valence-electron chi connectivity index (χ1n) is 7.51. The molecule has 0 bridgehead atoms. The highest BCUT2D eigenvalue weighted by atomic mass is 16.6. The van der Waals surface area contributed by atoms with Gasteiger partial charge in [-0.2, -0.15) is 0 Å². The fourth-order valence-corrected chi connectivity index (χ4v) is 2.23. The summed E-state index contributed by atoms with van der Waals surface area (Å²) in [7, 11) is 2.70. The Balaban J connectivity index is 2.95. The number of carbonyl (C=O) groups is 2. The van der Waals surface area contributed by atoms with Gasteiger partial charge in [-0.05, 0) is 44.9 Å². The highest BCUT2D eigenvalue weighted by Crippen LogP contribution is 2.31. The van der Waals surface area contributed by atoms with Crippen LogP contribution >= 0.6 is 0 Å². The number of esters is 1. The van der Waals surface area contributed by atoms with Crippen LogP contribution in [-0.4, -0.2) is 43.0 Å². The van der Waals surface area contributed by atoms with Crippen LogP contribution < -0.4 is 10.1 Å². The molecule has 0 spiro atoms. The van der Waals surface area contributed by atoms with Crippen molar-refractivity contribution in [2.75, 3.05) is 14.2 Å². The van der Waals surface area contributed by atoms with Crippen molar-refractivity contribution in [2.45, 2.75) is 45.8 Å². The second-order valence-corrected chi connectivity index (χ2v) is 6.39. The molecule has 1 rings (SSSR count). The number of carbonyl (C=O) groups excluding carboxylic acids is 2. The lowest BCUT2D eigenvalue weighted by Gasteiger charge is -2.23. The number of hydrogen-bond acceptors (Lipinski definition) is 6. The van der Waals surface area contributed by atoms with Crippen LogP contribution in [0.3, 0.4) is 0 Å². The maximum Gasteiger partial charge on any atom is 0.408 e. The number of methoxy groups -OCH3 is 2. The number of aryl methyl sites for hydroxylation is 1. The van der Waals surface area contributed by atoms with Gasteiger partial charge in [0.2, 0.25) is 0 Å². The molecule has 0 saturated carbocycles. The Bertz CT molecular complexity index is 583. The van der Waals surface area contributed by atoms with E-state index in [1.54, 1.807) is 33.8 Å². The maximum absolute atomic E-state index is 11.9. The van der Waals surface area contributed by atoms with Crippen molar-refractivity contribution in [3.8, 4) is 11.5 Å². The van der Waals surface area contributed by atoms with Gasteiger partial charge in [0.1, 0.15) is 11.6 Å². The van der Waals surface area contributed by atoms with Crippen molar-refractivity contribution < 1.29 is 28.9 Å². The molecule has 7 heteroatoms. The molecule has 134 valence electrons. The molecule has 24 heavy (non-hydrogen) atoms. The number of benzene rings is 1. The average Bonchev–Trinajstić information content (AvgIpc) is 2.43. The first-order valence-corrected chi connectivity index (χ1v) is 7.51. The number of alkyl carbamates (subject to hydrolysis) is 1. The molecule has 0 aliphatic rings. The Hall–Kier alpha value is -2.44. The monoisotopic (exact) mass is 339 g/mol. The fraction of sp³-hybridized carbons (Fsp3) is 0.529. The number of hydrogen-bond donors (Lipinski definition) is 2. The van der Waals surface area contributed by atoms with Crippen LogP contribution in [0.2, 0.25) is 0 Å². The number of rotatable bonds is 5. The molecule has 0 heterocycles. The van der Waals surface area contributed by atoms with E-state index < -0.39 is 23.7 Å². The lowest BCUT2D eigenvalue weighted by molar-refractivity contribution is -0.143. The van der Waals surface area contributed by atoms with Gasteiger partial charge in [-0.25, -0.2) is 9.59 Å². The normalized spacial score (nSPS) is 12.2. The topological polar surface area (TPSA) is 94.1 Å². The Labute approximate surface area is 141 Å². The van der Waals surface area contributed by atoms with Crippen molar-refractivity contribution in [3.63, 3.8) is 0 Å². The zero-order valence-corrected chi connectivity index (χ0v) is 14.9. The van der Waals surface area contributed by atoms with Crippen LogP contribution in [-0.2, 0) is 20.7 Å². The highest BCUT2D eigenvalue weighted by molar-refractivity contribution is 5.81. The molecule has 0 aliphatic carbocycles. The summed E-state index contributed by atoms with van der Waals surface area (Å²) in [6.07, 6.45) is -0.572. The van der Waals surface area contributed by atoms with Crippen LogP contribution in [0.25, 0.3) is 0 Å². The van der Waals surface area contributed by atoms with Crippen LogP contribution in [0.1, 0.15) is 31.9 Å². The number of phenolic OH excluding ortho intramolecular Hbond substituents is 1. The van der Waals surface area contributed by atoms with Crippen LogP contribution in [0, 0.1) is 6.92 Å². The van der Waals surface area contributed by atoms with Gasteiger partial charge in [0, 0.05) is 6.42 Å². The predicted molar refractivity (Wildman–Crippen MR) is 88.3 cm³/mol. The first-order chi connectivity index (χ1) is 11.1. The van der Waals surface area contributed by atoms with Crippen LogP contribution in [0.5, 0.6) is 11.5 Å². The van der Waals surface area contributed by atoms with E-state index in [9.17, 15) is 14.7 Å². The SMILES string of the molecule is COC(=O)[C@H](Cc1cc(C)c(OC)c(O)c1)NC(=O)OC(C)(C)C. The number of phenols is 1. The zero-order chi connectivity index (χ0) is 18.5. The third kappa shape index (κ3) is 5.64. The van der Waals surface area contributed by atoms with E-state index in [1.807, 2.05) is 0 Å². The van der Waals surface area contributed by atoms with Gasteiger partial charge in [-0.15, -0.1) is 0 Å². The van der Waals surface area contributed by atoms with Crippen molar-refractivity contribution in [3.05, 3.63) is 23.3 Å². The molecule has 2 N–H and O–H groups in total. The molecule has 1 aromatic carbocycles. The lowest BCUT2D eigenvalue weighted by Crippen LogP contribution is -2.45. The van der Waals surface area contributed by atoms with Gasteiger partial charge in [0.25, 0.3) is 0 Å². The second kappa shape index (κ2) is 7.90. The smallest absolute Gasteiger partial charge is 0.408 e. The minimum Gasteiger partial charge on any atom is -0.504 e. The Morgan fingerprint density at radius 1 is 1.25 bits per heavy atom. The van der Waals surface area contributed by atoms with E-state index in [1.165, 1.54) is 20.3 Å². The molecule has 0 aliphatic heterocycles. The Morgan fingerprint density at radius 3 is 2.33 bits per heavy atom. The second-order valence-electron chi connectivity index (χ2n) is 6.39. The number of nitrogens with one attached hydrogen (secondary N) is 1. The minimum absolute atomic E-state index is 0.0339. The van der Waals surface area contributed by atoms with Crippen molar-refractivity contribution >= 4 is 12.1 Å².